The van der Waals surface area contributed by atoms with Gasteiger partial charge in [-0.25, -0.2) is 8.42 Å². The predicted octanol–water partition coefficient (Wildman–Crippen LogP) is 1.90. The third-order valence-electron chi connectivity index (χ3n) is 1.13. The molecule has 0 spiro atoms. The number of halogens is 1. The van der Waals surface area contributed by atoms with E-state index >= 15 is 0 Å². The molecule has 1 aromatic carbocycles. The van der Waals surface area contributed by atoms with Crippen molar-refractivity contribution < 1.29 is 27.9 Å². The normalized spacial score (nSPS) is 10.5. The molecular formula is C6H5ClO2S2Zn. The Labute approximate surface area is 93.9 Å². The molecule has 0 atom stereocenters. The second kappa shape index (κ2) is 4.61. The molecule has 0 aromatic heterocycles. The minimum Gasteiger partial charge on any atom is -0.207 e. The van der Waals surface area contributed by atoms with E-state index in [0.717, 1.165) is 0 Å². The van der Waals surface area contributed by atoms with Crippen molar-refractivity contribution in [1.29, 1.82) is 0 Å². The van der Waals surface area contributed by atoms with Crippen LogP contribution in [0.4, 0.5) is 0 Å². The molecule has 0 aliphatic carbocycles. The molecule has 6 heteroatoms. The summed E-state index contributed by atoms with van der Waals surface area (Å²) >= 11 is 3.93. The van der Waals surface area contributed by atoms with Crippen molar-refractivity contribution >= 4 is 32.4 Å². The monoisotopic (exact) mass is 272 g/mol. The molecule has 1 aromatic rings. The SMILES string of the molecule is O=S(=O)(Cl)c1ccccc1S.[Zn]. The molecule has 0 aliphatic rings. The first-order chi connectivity index (χ1) is 5.02. The molecule has 0 unspecified atom stereocenters. The Balaban J connectivity index is 0.00000121. The van der Waals surface area contributed by atoms with Gasteiger partial charge in [-0.1, -0.05) is 12.1 Å². The van der Waals surface area contributed by atoms with Crippen LogP contribution in [-0.2, 0) is 28.5 Å². The van der Waals surface area contributed by atoms with Gasteiger partial charge < -0.3 is 0 Å². The molecule has 0 heterocycles. The molecule has 0 amide bonds. The fraction of sp³-hybridized carbons (Fsp3) is 0. The first-order valence-corrected chi connectivity index (χ1v) is 5.50. The molecule has 0 bridgehead atoms. The van der Waals surface area contributed by atoms with Gasteiger partial charge in [-0.15, -0.1) is 12.6 Å². The Morgan fingerprint density at radius 3 is 2.08 bits per heavy atom. The third-order valence-corrected chi connectivity index (χ3v) is 3.05. The summed E-state index contributed by atoms with van der Waals surface area (Å²) in [5, 5.41) is 0. The van der Waals surface area contributed by atoms with E-state index in [0.29, 0.717) is 4.90 Å². The molecule has 0 radical (unpaired) electrons. The van der Waals surface area contributed by atoms with Gasteiger partial charge in [-0.2, -0.15) is 0 Å². The molecule has 2 nitrogen and oxygen atoms in total. The van der Waals surface area contributed by atoms with Gasteiger partial charge in [0.25, 0.3) is 9.05 Å². The minimum atomic E-state index is -3.64. The van der Waals surface area contributed by atoms with Crippen LogP contribution >= 0.6 is 23.3 Å². The molecular weight excluding hydrogens is 269 g/mol. The summed E-state index contributed by atoms with van der Waals surface area (Å²) in [6, 6.07) is 6.26. The summed E-state index contributed by atoms with van der Waals surface area (Å²) in [5.41, 5.74) is 0. The van der Waals surface area contributed by atoms with Crippen molar-refractivity contribution in [3.8, 4) is 0 Å². The fourth-order valence-electron chi connectivity index (χ4n) is 0.663. The average molecular weight is 274 g/mol. The maximum absolute atomic E-state index is 10.8. The number of rotatable bonds is 1. The van der Waals surface area contributed by atoms with E-state index in [2.05, 4.69) is 12.6 Å². The molecule has 62 valence electrons. The van der Waals surface area contributed by atoms with Crippen LogP contribution in [0.1, 0.15) is 0 Å². The summed E-state index contributed by atoms with van der Waals surface area (Å²) in [7, 11) is 1.45. The van der Waals surface area contributed by atoms with Crippen molar-refractivity contribution in [1.82, 2.24) is 0 Å². The van der Waals surface area contributed by atoms with Crippen LogP contribution in [0, 0.1) is 0 Å². The van der Waals surface area contributed by atoms with Gasteiger partial charge in [0.15, 0.2) is 0 Å². The summed E-state index contributed by atoms with van der Waals surface area (Å²) in [5.74, 6) is 0. The summed E-state index contributed by atoms with van der Waals surface area (Å²) in [6.45, 7) is 0. The Bertz CT molecular complexity index is 364. The van der Waals surface area contributed by atoms with Crippen molar-refractivity contribution in [3.05, 3.63) is 24.3 Å². The molecule has 0 N–H and O–H groups in total. The van der Waals surface area contributed by atoms with Gasteiger partial charge in [0.05, 0.1) is 4.90 Å². The van der Waals surface area contributed by atoms with E-state index in [1.165, 1.54) is 6.07 Å². The van der Waals surface area contributed by atoms with E-state index < -0.39 is 9.05 Å². The molecule has 1 rings (SSSR count). The van der Waals surface area contributed by atoms with Gasteiger partial charge in [-0.05, 0) is 12.1 Å². The van der Waals surface area contributed by atoms with E-state index in [-0.39, 0.29) is 24.4 Å². The fourth-order valence-corrected chi connectivity index (χ4v) is 2.31. The van der Waals surface area contributed by atoms with Gasteiger partial charge in [-0.3, -0.25) is 0 Å². The second-order valence-corrected chi connectivity index (χ2v) is 4.92. The largest absolute Gasteiger partial charge is 0.262 e. The Morgan fingerprint density at radius 2 is 1.75 bits per heavy atom. The van der Waals surface area contributed by atoms with E-state index in [9.17, 15) is 8.42 Å². The maximum Gasteiger partial charge on any atom is 0.262 e. The summed E-state index contributed by atoms with van der Waals surface area (Å²) in [6.07, 6.45) is 0. The van der Waals surface area contributed by atoms with Crippen LogP contribution in [0.25, 0.3) is 0 Å². The Morgan fingerprint density at radius 1 is 1.25 bits per heavy atom. The van der Waals surface area contributed by atoms with Crippen LogP contribution in [0.2, 0.25) is 0 Å². The first kappa shape index (κ1) is 12.4. The van der Waals surface area contributed by atoms with E-state index in [4.69, 9.17) is 10.7 Å². The summed E-state index contributed by atoms with van der Waals surface area (Å²) in [4.78, 5) is 0.410. The summed E-state index contributed by atoms with van der Waals surface area (Å²) < 4.78 is 21.5. The zero-order valence-corrected chi connectivity index (χ0v) is 11.5. The number of hydrogen-bond acceptors (Lipinski definition) is 3. The van der Waals surface area contributed by atoms with Crippen LogP contribution < -0.4 is 0 Å². The van der Waals surface area contributed by atoms with Crippen LogP contribution in [-0.4, -0.2) is 8.42 Å². The van der Waals surface area contributed by atoms with Crippen molar-refractivity contribution in [2.75, 3.05) is 0 Å². The van der Waals surface area contributed by atoms with Crippen molar-refractivity contribution in [2.24, 2.45) is 0 Å². The number of benzene rings is 1. The molecule has 0 saturated heterocycles. The standard InChI is InChI=1S/C6H5ClO2S2.Zn/c7-11(8,9)6-4-2-1-3-5(6)10;/h1-4,10H;. The van der Waals surface area contributed by atoms with Gasteiger partial charge in [0.2, 0.25) is 0 Å². The molecule has 0 saturated carbocycles. The Kier molecular flexibility index (Phi) is 4.78. The van der Waals surface area contributed by atoms with Gasteiger partial charge in [0, 0.05) is 35.1 Å². The van der Waals surface area contributed by atoms with Gasteiger partial charge in [0.1, 0.15) is 0 Å². The molecule has 0 aliphatic heterocycles. The second-order valence-electron chi connectivity index (χ2n) is 1.91. The van der Waals surface area contributed by atoms with Crippen molar-refractivity contribution in [3.63, 3.8) is 0 Å². The topological polar surface area (TPSA) is 34.1 Å². The van der Waals surface area contributed by atoms with E-state index in [1.54, 1.807) is 18.2 Å². The predicted molar refractivity (Wildman–Crippen MR) is 46.7 cm³/mol. The van der Waals surface area contributed by atoms with Crippen LogP contribution in [0.5, 0.6) is 0 Å². The van der Waals surface area contributed by atoms with Crippen molar-refractivity contribution in [2.45, 2.75) is 9.79 Å². The zero-order valence-electron chi connectivity index (χ0n) is 6.07. The van der Waals surface area contributed by atoms with E-state index in [1.807, 2.05) is 0 Å². The number of hydrogen-bond donors (Lipinski definition) is 1. The third kappa shape index (κ3) is 3.05. The zero-order chi connectivity index (χ0) is 8.48. The quantitative estimate of drug-likeness (QED) is 0.482. The first-order valence-electron chi connectivity index (χ1n) is 2.74. The molecule has 12 heavy (non-hydrogen) atoms. The minimum absolute atomic E-state index is 0. The van der Waals surface area contributed by atoms with Crippen LogP contribution in [0.3, 0.4) is 0 Å². The molecule has 0 fully saturated rings. The average Bonchev–Trinajstić information content (AvgIpc) is 1.86. The van der Waals surface area contributed by atoms with Crippen LogP contribution in [0.15, 0.2) is 34.1 Å². The number of thiol groups is 1. The smallest absolute Gasteiger partial charge is 0.207 e. The maximum atomic E-state index is 10.8. The Hall–Kier alpha value is 0.433. The van der Waals surface area contributed by atoms with Gasteiger partial charge >= 0.3 is 0 Å².